The third kappa shape index (κ3) is 2.42. The van der Waals surface area contributed by atoms with E-state index in [9.17, 15) is 0 Å². The molecule has 0 bridgehead atoms. The summed E-state index contributed by atoms with van der Waals surface area (Å²) in [6, 6.07) is 5.60. The molecule has 1 aliphatic carbocycles. The highest BCUT2D eigenvalue weighted by Gasteiger charge is 2.17. The average molecular weight is 198 g/mol. The van der Waals surface area contributed by atoms with Crippen molar-refractivity contribution in [2.45, 2.75) is 32.0 Å². The van der Waals surface area contributed by atoms with Gasteiger partial charge in [-0.2, -0.15) is 0 Å². The predicted octanol–water partition coefficient (Wildman–Crippen LogP) is 2.80. The smallest absolute Gasteiger partial charge is 0.129 e. The molecule has 1 heterocycles. The number of pyridine rings is 1. The highest BCUT2D eigenvalue weighted by atomic mass is 35.5. The van der Waals surface area contributed by atoms with Crippen molar-refractivity contribution in [3.63, 3.8) is 0 Å². The maximum absolute atomic E-state index is 5.74. The SMILES string of the molecule is Clc1cccc(COC2CCC2)n1. The van der Waals surface area contributed by atoms with Gasteiger partial charge >= 0.3 is 0 Å². The molecule has 3 heteroatoms. The molecule has 0 aromatic carbocycles. The summed E-state index contributed by atoms with van der Waals surface area (Å²) >= 11 is 5.74. The molecule has 1 saturated carbocycles. The van der Waals surface area contributed by atoms with Crippen LogP contribution in [0.15, 0.2) is 18.2 Å². The van der Waals surface area contributed by atoms with Crippen LogP contribution in [-0.2, 0) is 11.3 Å². The normalized spacial score (nSPS) is 17.0. The fraction of sp³-hybridized carbons (Fsp3) is 0.500. The van der Waals surface area contributed by atoms with E-state index in [1.807, 2.05) is 12.1 Å². The van der Waals surface area contributed by atoms with Gasteiger partial charge < -0.3 is 4.74 Å². The first-order valence-electron chi connectivity index (χ1n) is 4.57. The molecule has 0 spiro atoms. The highest BCUT2D eigenvalue weighted by molar-refractivity contribution is 6.29. The predicted molar refractivity (Wildman–Crippen MR) is 51.7 cm³/mol. The fourth-order valence-electron chi connectivity index (χ4n) is 1.27. The maximum Gasteiger partial charge on any atom is 0.129 e. The van der Waals surface area contributed by atoms with Crippen LogP contribution in [0.1, 0.15) is 25.0 Å². The van der Waals surface area contributed by atoms with Gasteiger partial charge in [-0.25, -0.2) is 4.98 Å². The third-order valence-electron chi connectivity index (χ3n) is 2.29. The van der Waals surface area contributed by atoms with Crippen LogP contribution >= 0.6 is 11.6 Å². The van der Waals surface area contributed by atoms with Gasteiger partial charge in [0, 0.05) is 0 Å². The Hall–Kier alpha value is -0.600. The molecule has 2 rings (SSSR count). The van der Waals surface area contributed by atoms with E-state index >= 15 is 0 Å². The zero-order chi connectivity index (χ0) is 9.10. The van der Waals surface area contributed by atoms with E-state index in [-0.39, 0.29) is 0 Å². The van der Waals surface area contributed by atoms with E-state index in [0.717, 1.165) is 5.69 Å². The summed E-state index contributed by atoms with van der Waals surface area (Å²) in [6.07, 6.45) is 4.15. The summed E-state index contributed by atoms with van der Waals surface area (Å²) in [7, 11) is 0. The summed E-state index contributed by atoms with van der Waals surface area (Å²) in [5.41, 5.74) is 0.916. The molecule has 1 aliphatic rings. The minimum Gasteiger partial charge on any atom is -0.372 e. The minimum absolute atomic E-state index is 0.459. The summed E-state index contributed by atoms with van der Waals surface area (Å²) in [4.78, 5) is 4.14. The van der Waals surface area contributed by atoms with Crippen LogP contribution in [0.25, 0.3) is 0 Å². The van der Waals surface area contributed by atoms with Crippen molar-refractivity contribution in [1.82, 2.24) is 4.98 Å². The second-order valence-electron chi connectivity index (χ2n) is 3.32. The summed E-state index contributed by atoms with van der Waals surface area (Å²) in [5.74, 6) is 0. The van der Waals surface area contributed by atoms with E-state index in [4.69, 9.17) is 16.3 Å². The number of halogens is 1. The third-order valence-corrected chi connectivity index (χ3v) is 2.50. The monoisotopic (exact) mass is 197 g/mol. The first-order valence-corrected chi connectivity index (χ1v) is 4.95. The van der Waals surface area contributed by atoms with Crippen molar-refractivity contribution in [3.8, 4) is 0 Å². The lowest BCUT2D eigenvalue weighted by atomic mass is 9.96. The van der Waals surface area contributed by atoms with E-state index in [2.05, 4.69) is 4.98 Å². The molecule has 0 atom stereocenters. The average Bonchev–Trinajstić information content (AvgIpc) is 2.01. The van der Waals surface area contributed by atoms with Crippen molar-refractivity contribution >= 4 is 11.6 Å². The van der Waals surface area contributed by atoms with E-state index in [0.29, 0.717) is 17.9 Å². The lowest BCUT2D eigenvalue weighted by molar-refractivity contribution is -0.0101. The lowest BCUT2D eigenvalue weighted by Gasteiger charge is -2.25. The van der Waals surface area contributed by atoms with Crippen LogP contribution < -0.4 is 0 Å². The van der Waals surface area contributed by atoms with Crippen LogP contribution in [0.2, 0.25) is 5.15 Å². The van der Waals surface area contributed by atoms with Crippen LogP contribution in [-0.4, -0.2) is 11.1 Å². The molecular weight excluding hydrogens is 186 g/mol. The van der Waals surface area contributed by atoms with Crippen molar-refractivity contribution in [2.24, 2.45) is 0 Å². The number of nitrogens with zero attached hydrogens (tertiary/aromatic N) is 1. The first-order chi connectivity index (χ1) is 6.34. The number of aromatic nitrogens is 1. The van der Waals surface area contributed by atoms with E-state index in [1.165, 1.54) is 19.3 Å². The summed E-state index contributed by atoms with van der Waals surface area (Å²) in [6.45, 7) is 0.589. The summed E-state index contributed by atoms with van der Waals surface area (Å²) < 4.78 is 5.60. The van der Waals surface area contributed by atoms with Crippen molar-refractivity contribution in [3.05, 3.63) is 29.0 Å². The quantitative estimate of drug-likeness (QED) is 0.696. The molecule has 0 radical (unpaired) electrons. The molecule has 1 fully saturated rings. The molecule has 0 amide bonds. The summed E-state index contributed by atoms with van der Waals surface area (Å²) in [5, 5.41) is 0.537. The number of hydrogen-bond donors (Lipinski definition) is 0. The molecule has 0 N–H and O–H groups in total. The maximum atomic E-state index is 5.74. The fourth-order valence-corrected chi connectivity index (χ4v) is 1.45. The Morgan fingerprint density at radius 3 is 2.92 bits per heavy atom. The molecule has 0 unspecified atom stereocenters. The molecule has 1 aromatic heterocycles. The number of ether oxygens (including phenoxy) is 1. The van der Waals surface area contributed by atoms with Crippen molar-refractivity contribution < 1.29 is 4.74 Å². The van der Waals surface area contributed by atoms with Gasteiger partial charge in [0.2, 0.25) is 0 Å². The first kappa shape index (κ1) is 8.97. The number of hydrogen-bond acceptors (Lipinski definition) is 2. The Morgan fingerprint density at radius 1 is 1.46 bits per heavy atom. The van der Waals surface area contributed by atoms with Gasteiger partial charge in [0.15, 0.2) is 0 Å². The molecule has 0 aliphatic heterocycles. The van der Waals surface area contributed by atoms with Crippen molar-refractivity contribution in [2.75, 3.05) is 0 Å². The van der Waals surface area contributed by atoms with Crippen LogP contribution in [0, 0.1) is 0 Å². The van der Waals surface area contributed by atoms with Crippen molar-refractivity contribution in [1.29, 1.82) is 0 Å². The Bertz CT molecular complexity index is 286. The molecular formula is C10H12ClNO. The standard InChI is InChI=1S/C10H12ClNO/c11-10-6-1-3-8(12-10)7-13-9-4-2-5-9/h1,3,6,9H,2,4-5,7H2. The molecule has 70 valence electrons. The van der Waals surface area contributed by atoms with Gasteiger partial charge in [0.1, 0.15) is 5.15 Å². The van der Waals surface area contributed by atoms with Gasteiger partial charge in [-0.3, -0.25) is 0 Å². The largest absolute Gasteiger partial charge is 0.372 e. The van der Waals surface area contributed by atoms with E-state index < -0.39 is 0 Å². The topological polar surface area (TPSA) is 22.1 Å². The minimum atomic E-state index is 0.459. The van der Waals surface area contributed by atoms with Crippen LogP contribution in [0.4, 0.5) is 0 Å². The van der Waals surface area contributed by atoms with Gasteiger partial charge in [0.25, 0.3) is 0 Å². The van der Waals surface area contributed by atoms with Crippen LogP contribution in [0.5, 0.6) is 0 Å². The van der Waals surface area contributed by atoms with Gasteiger partial charge in [-0.1, -0.05) is 17.7 Å². The molecule has 1 aromatic rings. The lowest BCUT2D eigenvalue weighted by Crippen LogP contribution is -2.21. The van der Waals surface area contributed by atoms with E-state index in [1.54, 1.807) is 6.07 Å². The zero-order valence-electron chi connectivity index (χ0n) is 7.37. The van der Waals surface area contributed by atoms with Crippen LogP contribution in [0.3, 0.4) is 0 Å². The Kier molecular flexibility index (Phi) is 2.81. The Balaban J connectivity index is 1.86. The molecule has 0 saturated heterocycles. The number of rotatable bonds is 3. The molecule has 13 heavy (non-hydrogen) atoms. The van der Waals surface area contributed by atoms with Gasteiger partial charge in [-0.15, -0.1) is 0 Å². The second-order valence-corrected chi connectivity index (χ2v) is 3.70. The Labute approximate surface area is 82.9 Å². The van der Waals surface area contributed by atoms with Gasteiger partial charge in [-0.05, 0) is 31.4 Å². The zero-order valence-corrected chi connectivity index (χ0v) is 8.13. The Morgan fingerprint density at radius 2 is 2.31 bits per heavy atom. The second kappa shape index (κ2) is 4.07. The van der Waals surface area contributed by atoms with Gasteiger partial charge in [0.05, 0.1) is 18.4 Å². The molecule has 2 nitrogen and oxygen atoms in total. The highest BCUT2D eigenvalue weighted by Crippen LogP contribution is 2.22.